The van der Waals surface area contributed by atoms with Crippen LogP contribution < -0.4 is 16.4 Å². The van der Waals surface area contributed by atoms with Gasteiger partial charge in [0.05, 0.1) is 18.1 Å². The summed E-state index contributed by atoms with van der Waals surface area (Å²) >= 11 is 0. The van der Waals surface area contributed by atoms with Gasteiger partial charge in [-0.2, -0.15) is 4.98 Å². The van der Waals surface area contributed by atoms with Gasteiger partial charge in [-0.1, -0.05) is 0 Å². The molecule has 0 atom stereocenters. The molecule has 1 aliphatic carbocycles. The average Bonchev–Trinajstić information content (AvgIpc) is 3.33. The zero-order valence-electron chi connectivity index (χ0n) is 12.0. The Morgan fingerprint density at radius 1 is 1.27 bits per heavy atom. The Hall–Kier alpha value is -2.77. The third-order valence-corrected chi connectivity index (χ3v) is 3.31. The highest BCUT2D eigenvalue weighted by Crippen LogP contribution is 2.42. The van der Waals surface area contributed by atoms with E-state index in [0.717, 1.165) is 24.2 Å². The van der Waals surface area contributed by atoms with Crippen molar-refractivity contribution in [2.45, 2.75) is 25.2 Å². The minimum Gasteiger partial charge on any atom is -0.370 e. The van der Waals surface area contributed by atoms with Gasteiger partial charge in [0, 0.05) is 24.7 Å². The lowest BCUT2D eigenvalue weighted by molar-refractivity contribution is -0.117. The number of rotatable bonds is 7. The SMILES string of the molecule is NC(=O)CCNc1nc(Nc2cncnc2)ncc1C1CC1. The molecule has 8 nitrogen and oxygen atoms in total. The van der Waals surface area contributed by atoms with Crippen LogP contribution in [0.1, 0.15) is 30.7 Å². The van der Waals surface area contributed by atoms with Crippen molar-refractivity contribution >= 4 is 23.4 Å². The number of amides is 1. The summed E-state index contributed by atoms with van der Waals surface area (Å²) in [4.78, 5) is 27.5. The van der Waals surface area contributed by atoms with Crippen LogP contribution in [-0.4, -0.2) is 32.4 Å². The molecule has 1 fully saturated rings. The van der Waals surface area contributed by atoms with Gasteiger partial charge in [-0.15, -0.1) is 0 Å². The summed E-state index contributed by atoms with van der Waals surface area (Å²) < 4.78 is 0. The number of aromatic nitrogens is 4. The van der Waals surface area contributed by atoms with Crippen LogP contribution in [-0.2, 0) is 4.79 Å². The topological polar surface area (TPSA) is 119 Å². The molecule has 22 heavy (non-hydrogen) atoms. The summed E-state index contributed by atoms with van der Waals surface area (Å²) in [6.07, 6.45) is 9.13. The Kier molecular flexibility index (Phi) is 4.08. The second-order valence-corrected chi connectivity index (χ2v) is 5.17. The Morgan fingerprint density at radius 2 is 2.05 bits per heavy atom. The first-order chi connectivity index (χ1) is 10.7. The van der Waals surface area contributed by atoms with Gasteiger partial charge in [0.1, 0.15) is 12.1 Å². The van der Waals surface area contributed by atoms with E-state index in [0.29, 0.717) is 24.1 Å². The van der Waals surface area contributed by atoms with Gasteiger partial charge < -0.3 is 16.4 Å². The zero-order valence-corrected chi connectivity index (χ0v) is 12.0. The third kappa shape index (κ3) is 3.66. The van der Waals surface area contributed by atoms with Crippen molar-refractivity contribution in [3.8, 4) is 0 Å². The second-order valence-electron chi connectivity index (χ2n) is 5.17. The van der Waals surface area contributed by atoms with Crippen molar-refractivity contribution in [2.24, 2.45) is 5.73 Å². The van der Waals surface area contributed by atoms with E-state index in [1.54, 1.807) is 12.4 Å². The fourth-order valence-electron chi connectivity index (χ4n) is 2.08. The number of anilines is 3. The van der Waals surface area contributed by atoms with E-state index < -0.39 is 0 Å². The zero-order chi connectivity index (χ0) is 15.4. The summed E-state index contributed by atoms with van der Waals surface area (Å²) in [5.41, 5.74) is 6.96. The van der Waals surface area contributed by atoms with E-state index in [2.05, 4.69) is 30.6 Å². The summed E-state index contributed by atoms with van der Waals surface area (Å²) in [6, 6.07) is 0. The molecule has 3 rings (SSSR count). The van der Waals surface area contributed by atoms with Crippen LogP contribution >= 0.6 is 0 Å². The van der Waals surface area contributed by atoms with Gasteiger partial charge in [-0.05, 0) is 18.8 Å². The number of nitrogens with zero attached hydrogens (tertiary/aromatic N) is 4. The molecule has 8 heteroatoms. The first-order valence-corrected chi connectivity index (χ1v) is 7.13. The highest BCUT2D eigenvalue weighted by atomic mass is 16.1. The molecule has 0 radical (unpaired) electrons. The van der Waals surface area contributed by atoms with Crippen molar-refractivity contribution in [2.75, 3.05) is 17.2 Å². The molecule has 2 heterocycles. The van der Waals surface area contributed by atoms with E-state index >= 15 is 0 Å². The van der Waals surface area contributed by atoms with Crippen molar-refractivity contribution in [3.63, 3.8) is 0 Å². The van der Waals surface area contributed by atoms with E-state index in [1.807, 2.05) is 6.20 Å². The fourth-order valence-corrected chi connectivity index (χ4v) is 2.08. The van der Waals surface area contributed by atoms with Crippen LogP contribution in [0.2, 0.25) is 0 Å². The number of carbonyl (C=O) groups excluding carboxylic acids is 1. The van der Waals surface area contributed by atoms with Crippen LogP contribution in [0.25, 0.3) is 0 Å². The second kappa shape index (κ2) is 6.33. The van der Waals surface area contributed by atoms with E-state index in [1.165, 1.54) is 6.33 Å². The number of carbonyl (C=O) groups is 1. The lowest BCUT2D eigenvalue weighted by atomic mass is 10.2. The molecule has 2 aromatic heterocycles. The lowest BCUT2D eigenvalue weighted by Crippen LogP contribution is -2.17. The van der Waals surface area contributed by atoms with Crippen molar-refractivity contribution in [1.29, 1.82) is 0 Å². The van der Waals surface area contributed by atoms with Crippen LogP contribution in [0.5, 0.6) is 0 Å². The third-order valence-electron chi connectivity index (χ3n) is 3.31. The minimum absolute atomic E-state index is 0.267. The molecule has 1 amide bonds. The van der Waals surface area contributed by atoms with Crippen LogP contribution in [0, 0.1) is 0 Å². The van der Waals surface area contributed by atoms with Crippen LogP contribution in [0.3, 0.4) is 0 Å². The average molecular weight is 299 g/mol. The molecule has 0 aromatic carbocycles. The van der Waals surface area contributed by atoms with Gasteiger partial charge in [0.25, 0.3) is 0 Å². The number of nitrogens with two attached hydrogens (primary N) is 1. The van der Waals surface area contributed by atoms with Crippen molar-refractivity contribution in [1.82, 2.24) is 19.9 Å². The molecule has 0 aliphatic heterocycles. The molecule has 2 aromatic rings. The summed E-state index contributed by atoms with van der Waals surface area (Å²) in [7, 11) is 0. The van der Waals surface area contributed by atoms with Gasteiger partial charge in [0.2, 0.25) is 11.9 Å². The number of primary amides is 1. The molecule has 4 N–H and O–H groups in total. The van der Waals surface area contributed by atoms with E-state index in [-0.39, 0.29) is 12.3 Å². The maximum Gasteiger partial charge on any atom is 0.229 e. The Bertz CT molecular complexity index is 657. The maximum atomic E-state index is 10.9. The molecule has 114 valence electrons. The molecule has 1 aliphatic rings. The highest BCUT2D eigenvalue weighted by Gasteiger charge is 2.27. The van der Waals surface area contributed by atoms with Gasteiger partial charge in [0.15, 0.2) is 0 Å². The van der Waals surface area contributed by atoms with Crippen molar-refractivity contribution in [3.05, 3.63) is 30.5 Å². The van der Waals surface area contributed by atoms with Gasteiger partial charge >= 0.3 is 0 Å². The van der Waals surface area contributed by atoms with Crippen LogP contribution in [0.4, 0.5) is 17.5 Å². The van der Waals surface area contributed by atoms with Gasteiger partial charge in [-0.3, -0.25) is 4.79 Å². The monoisotopic (exact) mass is 299 g/mol. The molecule has 1 saturated carbocycles. The smallest absolute Gasteiger partial charge is 0.229 e. The highest BCUT2D eigenvalue weighted by molar-refractivity contribution is 5.74. The Labute approximate surface area is 127 Å². The lowest BCUT2D eigenvalue weighted by Gasteiger charge is -2.12. The number of hydrogen-bond acceptors (Lipinski definition) is 7. The standard InChI is InChI=1S/C14H17N7O/c15-12(22)3-4-18-13-11(9-1-2-9)7-19-14(21-13)20-10-5-16-8-17-6-10/h5-9H,1-4H2,(H2,15,22)(H2,18,19,20,21). The first-order valence-electron chi connectivity index (χ1n) is 7.13. The molecule has 0 saturated heterocycles. The predicted octanol–water partition coefficient (Wildman–Crippen LogP) is 1.17. The molecular formula is C14H17N7O. The Morgan fingerprint density at radius 3 is 2.73 bits per heavy atom. The number of hydrogen-bond donors (Lipinski definition) is 3. The quantitative estimate of drug-likeness (QED) is 0.702. The van der Waals surface area contributed by atoms with Crippen LogP contribution in [0.15, 0.2) is 24.9 Å². The van der Waals surface area contributed by atoms with E-state index in [9.17, 15) is 4.79 Å². The first kappa shape index (κ1) is 14.2. The largest absolute Gasteiger partial charge is 0.370 e. The molecule has 0 bridgehead atoms. The summed E-state index contributed by atoms with van der Waals surface area (Å²) in [5.74, 6) is 1.37. The fraction of sp³-hybridized carbons (Fsp3) is 0.357. The molecular weight excluding hydrogens is 282 g/mol. The number of nitrogens with one attached hydrogen (secondary N) is 2. The van der Waals surface area contributed by atoms with E-state index in [4.69, 9.17) is 5.73 Å². The summed E-state index contributed by atoms with van der Waals surface area (Å²) in [5, 5.41) is 6.22. The van der Waals surface area contributed by atoms with Crippen molar-refractivity contribution < 1.29 is 4.79 Å². The summed E-state index contributed by atoms with van der Waals surface area (Å²) in [6.45, 7) is 0.458. The normalized spacial score (nSPS) is 13.6. The van der Waals surface area contributed by atoms with Gasteiger partial charge in [-0.25, -0.2) is 15.0 Å². The minimum atomic E-state index is -0.339. The predicted molar refractivity (Wildman–Crippen MR) is 81.6 cm³/mol. The maximum absolute atomic E-state index is 10.9. The molecule has 0 spiro atoms. The Balaban J connectivity index is 1.75. The molecule has 0 unspecified atom stereocenters.